The van der Waals surface area contributed by atoms with E-state index in [2.05, 4.69) is 0 Å². The molecule has 11 heteroatoms. The summed E-state index contributed by atoms with van der Waals surface area (Å²) >= 11 is 0. The maximum absolute atomic E-state index is 17.3. The average molecular weight is 572 g/mol. The number of hydrogen-bond acceptors (Lipinski definition) is 9. The Morgan fingerprint density at radius 2 is 1.90 bits per heavy atom. The molecule has 0 spiro atoms. The number of benzene rings is 1. The number of nitro groups is 1. The Hall–Kier alpha value is -3.44. The van der Waals surface area contributed by atoms with Crippen LogP contribution in [0.1, 0.15) is 52.0 Å². The number of carbonyl (C=O) groups is 3. The van der Waals surface area contributed by atoms with E-state index in [1.807, 2.05) is 0 Å². The number of carbonyl (C=O) groups excluding carboxylic acids is 3. The number of rotatable bonds is 6. The second kappa shape index (κ2) is 9.84. The number of ether oxygens (including phenoxy) is 2. The molecule has 41 heavy (non-hydrogen) atoms. The van der Waals surface area contributed by atoms with E-state index in [0.29, 0.717) is 24.8 Å². The lowest BCUT2D eigenvalue weighted by atomic mass is 9.44. The van der Waals surface area contributed by atoms with Gasteiger partial charge in [-0.05, 0) is 62.7 Å². The van der Waals surface area contributed by atoms with Crippen molar-refractivity contribution in [2.24, 2.45) is 28.6 Å². The van der Waals surface area contributed by atoms with Crippen LogP contribution in [0.25, 0.3) is 0 Å². The first kappa shape index (κ1) is 29.1. The van der Waals surface area contributed by atoms with Gasteiger partial charge in [0.05, 0.1) is 16.6 Å². The number of ketones is 2. The van der Waals surface area contributed by atoms with Crippen LogP contribution in [0.15, 0.2) is 48.1 Å². The zero-order valence-electron chi connectivity index (χ0n) is 23.2. The van der Waals surface area contributed by atoms with Gasteiger partial charge in [-0.15, -0.1) is 0 Å². The first-order valence-electron chi connectivity index (χ1n) is 13.8. The van der Waals surface area contributed by atoms with Gasteiger partial charge in [0.15, 0.2) is 18.1 Å². The van der Waals surface area contributed by atoms with Crippen LogP contribution in [0.3, 0.4) is 0 Å². The Bertz CT molecular complexity index is 1380. The van der Waals surface area contributed by atoms with Gasteiger partial charge >= 0.3 is 6.16 Å². The summed E-state index contributed by atoms with van der Waals surface area (Å²) in [5.74, 6) is -2.78. The number of fused-ring (bicyclic) bond motifs is 5. The molecule has 2 N–H and O–H groups in total. The van der Waals surface area contributed by atoms with Crippen molar-refractivity contribution >= 4 is 23.4 Å². The highest BCUT2D eigenvalue weighted by Crippen LogP contribution is 2.70. The summed E-state index contributed by atoms with van der Waals surface area (Å²) in [5.41, 5.74) is -6.00. The predicted molar refractivity (Wildman–Crippen MR) is 142 cm³/mol. The second-order valence-corrected chi connectivity index (χ2v) is 12.3. The zero-order chi connectivity index (χ0) is 30.0. The van der Waals surface area contributed by atoms with Crippen LogP contribution in [0.4, 0.5) is 14.9 Å². The highest BCUT2D eigenvalue weighted by molar-refractivity contribution is 6.01. The Labute approximate surface area is 236 Å². The van der Waals surface area contributed by atoms with Gasteiger partial charge in [0.2, 0.25) is 5.78 Å². The number of nitrogens with zero attached hydrogens (tertiary/aromatic N) is 1. The number of nitro benzene ring substituents is 1. The molecule has 0 heterocycles. The third kappa shape index (κ3) is 4.07. The molecule has 1 aromatic rings. The summed E-state index contributed by atoms with van der Waals surface area (Å²) in [5, 5.41) is 34.5. The molecule has 0 amide bonds. The maximum atomic E-state index is 17.3. The van der Waals surface area contributed by atoms with Crippen LogP contribution in [-0.4, -0.2) is 56.8 Å². The largest absolute Gasteiger partial charge is 0.509 e. The summed E-state index contributed by atoms with van der Waals surface area (Å²) in [6.45, 7) is 3.79. The van der Waals surface area contributed by atoms with Crippen molar-refractivity contribution in [2.45, 2.75) is 70.4 Å². The molecule has 5 rings (SSSR count). The maximum Gasteiger partial charge on any atom is 0.509 e. The van der Waals surface area contributed by atoms with Crippen LogP contribution >= 0.6 is 0 Å². The molecule has 0 aliphatic heterocycles. The third-order valence-electron chi connectivity index (χ3n) is 10.5. The monoisotopic (exact) mass is 571 g/mol. The first-order chi connectivity index (χ1) is 19.2. The number of Topliss-reactive ketones (excluding diaryl/α,β-unsaturated/α-hetero) is 1. The topological polar surface area (TPSA) is 153 Å². The van der Waals surface area contributed by atoms with Crippen molar-refractivity contribution in [1.29, 1.82) is 0 Å². The molecule has 220 valence electrons. The van der Waals surface area contributed by atoms with Crippen LogP contribution in [0.5, 0.6) is 0 Å². The normalized spacial score (nSPS) is 39.2. The minimum absolute atomic E-state index is 0.140. The van der Waals surface area contributed by atoms with E-state index in [1.54, 1.807) is 32.9 Å². The lowest BCUT2D eigenvalue weighted by Crippen LogP contribution is -2.69. The van der Waals surface area contributed by atoms with Crippen LogP contribution in [0, 0.1) is 38.7 Å². The highest BCUT2D eigenvalue weighted by Gasteiger charge is 2.75. The van der Waals surface area contributed by atoms with E-state index in [9.17, 15) is 34.7 Å². The molecule has 4 aliphatic carbocycles. The fraction of sp³-hybridized carbons (Fsp3) is 0.567. The predicted octanol–water partition coefficient (Wildman–Crippen LogP) is 4.17. The van der Waals surface area contributed by atoms with Crippen molar-refractivity contribution in [1.82, 2.24) is 0 Å². The molecule has 0 radical (unpaired) electrons. The second-order valence-electron chi connectivity index (χ2n) is 12.3. The fourth-order valence-electron chi connectivity index (χ4n) is 8.36. The number of hydrogen-bond donors (Lipinski definition) is 2. The van der Waals surface area contributed by atoms with Gasteiger partial charge in [0, 0.05) is 22.8 Å². The molecule has 3 fully saturated rings. The summed E-state index contributed by atoms with van der Waals surface area (Å²) in [7, 11) is 0. The quantitative estimate of drug-likeness (QED) is 0.291. The van der Waals surface area contributed by atoms with Crippen LogP contribution in [0.2, 0.25) is 0 Å². The standard InChI is InChI=1S/C30H34FNO9/c1-17-12-22-21-9-8-19-13-20(33)10-11-27(19,2)29(21,31)24(34)14-28(22,3)30(17,37)25(35)16-41-26(36)40-15-18-6-4-5-7-23(18)32(38)39/h4-7,10-11,13,17,21-22,24,34,37H,8-9,12,14-16H2,1-3H3/t17-,21+,22+,24+,27+,28+,29+,30+/m1/s1. The molecule has 8 atom stereocenters. The molecule has 4 aliphatic rings. The highest BCUT2D eigenvalue weighted by atomic mass is 19.1. The molecule has 10 nitrogen and oxygen atoms in total. The third-order valence-corrected chi connectivity index (χ3v) is 10.5. The van der Waals surface area contributed by atoms with Gasteiger partial charge in [-0.3, -0.25) is 19.7 Å². The van der Waals surface area contributed by atoms with Crippen molar-refractivity contribution in [2.75, 3.05) is 6.61 Å². The van der Waals surface area contributed by atoms with Gasteiger partial charge in [-0.1, -0.05) is 37.6 Å². The number of aliphatic hydroxyl groups excluding tert-OH is 1. The van der Waals surface area contributed by atoms with Gasteiger partial charge in [-0.2, -0.15) is 0 Å². The number of alkyl halides is 1. The van der Waals surface area contributed by atoms with Crippen molar-refractivity contribution in [3.05, 3.63) is 63.7 Å². The van der Waals surface area contributed by atoms with Gasteiger partial charge < -0.3 is 19.7 Å². The Morgan fingerprint density at radius 1 is 1.20 bits per heavy atom. The molecule has 0 saturated heterocycles. The SMILES string of the molecule is C[C@@H]1C[C@H]2[C@@H]3CCC4=CC(=O)C=C[C@]4(C)[C@@]3(F)[C@@H](O)C[C@]2(C)[C@@]1(O)C(=O)COC(=O)OCc1ccccc1[N+](=O)[O-]. The summed E-state index contributed by atoms with van der Waals surface area (Å²) < 4.78 is 27.2. The van der Waals surface area contributed by atoms with Gasteiger partial charge in [0.1, 0.15) is 12.2 Å². The van der Waals surface area contributed by atoms with Crippen LogP contribution < -0.4 is 0 Å². The number of halogens is 1. The van der Waals surface area contributed by atoms with Crippen LogP contribution in [-0.2, 0) is 25.7 Å². The summed E-state index contributed by atoms with van der Waals surface area (Å²) in [4.78, 5) is 48.4. The number of para-hydroxylation sites is 1. The summed E-state index contributed by atoms with van der Waals surface area (Å²) in [6, 6.07) is 5.71. The fourth-order valence-corrected chi connectivity index (χ4v) is 8.36. The smallest absolute Gasteiger partial charge is 0.429 e. The van der Waals surface area contributed by atoms with E-state index in [-0.39, 0.29) is 23.5 Å². The molecular weight excluding hydrogens is 537 g/mol. The van der Waals surface area contributed by atoms with Crippen molar-refractivity contribution < 1.29 is 43.4 Å². The van der Waals surface area contributed by atoms with E-state index in [1.165, 1.54) is 30.4 Å². The minimum Gasteiger partial charge on any atom is -0.429 e. The molecule has 0 bridgehead atoms. The van der Waals surface area contributed by atoms with Crippen molar-refractivity contribution in [3.8, 4) is 0 Å². The molecular formula is C30H34FNO9. The van der Waals surface area contributed by atoms with E-state index >= 15 is 4.39 Å². The lowest BCUT2D eigenvalue weighted by molar-refractivity contribution is -0.385. The first-order valence-corrected chi connectivity index (χ1v) is 13.8. The summed E-state index contributed by atoms with van der Waals surface area (Å²) in [6.07, 6.45) is 2.47. The Morgan fingerprint density at radius 3 is 2.61 bits per heavy atom. The minimum atomic E-state index is -2.10. The van der Waals surface area contributed by atoms with E-state index < -0.39 is 76.0 Å². The molecule has 1 aromatic carbocycles. The van der Waals surface area contributed by atoms with Gasteiger partial charge in [-0.25, -0.2) is 9.18 Å². The van der Waals surface area contributed by atoms with Gasteiger partial charge in [0.25, 0.3) is 5.69 Å². The number of allylic oxidation sites excluding steroid dienone is 4. The lowest BCUT2D eigenvalue weighted by Gasteiger charge is -2.62. The average Bonchev–Trinajstić information content (AvgIpc) is 3.13. The Balaban J connectivity index is 1.33. The number of aliphatic hydroxyl groups is 2. The van der Waals surface area contributed by atoms with Crippen molar-refractivity contribution in [3.63, 3.8) is 0 Å². The molecule has 3 saturated carbocycles. The Kier molecular flexibility index (Phi) is 6.97. The van der Waals surface area contributed by atoms with E-state index in [0.717, 1.165) is 0 Å². The zero-order valence-corrected chi connectivity index (χ0v) is 23.2. The molecule has 0 aromatic heterocycles. The van der Waals surface area contributed by atoms with E-state index in [4.69, 9.17) is 9.47 Å². The molecule has 0 unspecified atom stereocenters.